The first-order valence-corrected chi connectivity index (χ1v) is 7.16. The topological polar surface area (TPSA) is 105 Å². The maximum Gasteiger partial charge on any atom is 0.201 e. The van der Waals surface area contributed by atoms with E-state index in [-0.39, 0.29) is 33.8 Å². The van der Waals surface area contributed by atoms with Crippen LogP contribution in [0.2, 0.25) is 0 Å². The lowest BCUT2D eigenvalue weighted by atomic mass is 9.82. The van der Waals surface area contributed by atoms with Gasteiger partial charge in [-0.1, -0.05) is 12.1 Å². The normalized spacial score (nSPS) is 12.8. The molecule has 7 heteroatoms. The molecule has 0 amide bonds. The van der Waals surface area contributed by atoms with Crippen LogP contribution in [0.4, 0.5) is 0 Å². The summed E-state index contributed by atoms with van der Waals surface area (Å²) in [6.07, 6.45) is 2.89. The monoisotopic (exact) mass is 321 g/mol. The third kappa shape index (κ3) is 1.98. The van der Waals surface area contributed by atoms with Crippen molar-refractivity contribution in [2.75, 3.05) is 0 Å². The fourth-order valence-corrected chi connectivity index (χ4v) is 2.93. The molecular weight excluding hydrogens is 310 g/mol. The van der Waals surface area contributed by atoms with Gasteiger partial charge in [-0.25, -0.2) is 9.67 Å². The number of hydrogen-bond acceptors (Lipinski definition) is 6. The van der Waals surface area contributed by atoms with Crippen LogP contribution < -0.4 is 0 Å². The number of aromatic nitrogens is 3. The van der Waals surface area contributed by atoms with Gasteiger partial charge in [-0.3, -0.25) is 9.59 Å². The van der Waals surface area contributed by atoms with Gasteiger partial charge in [-0.2, -0.15) is 5.10 Å². The van der Waals surface area contributed by atoms with E-state index in [1.165, 1.54) is 41.6 Å². The Hall–Kier alpha value is -3.48. The summed E-state index contributed by atoms with van der Waals surface area (Å²) in [6.45, 7) is 0.301. The van der Waals surface area contributed by atoms with Gasteiger partial charge in [0.05, 0.1) is 17.7 Å². The summed E-state index contributed by atoms with van der Waals surface area (Å²) < 4.78 is 1.54. The summed E-state index contributed by atoms with van der Waals surface area (Å²) in [5, 5.41) is 24.2. The Morgan fingerprint density at radius 3 is 2.50 bits per heavy atom. The second-order valence-electron chi connectivity index (χ2n) is 5.49. The molecule has 118 valence electrons. The van der Waals surface area contributed by atoms with Crippen molar-refractivity contribution in [3.8, 4) is 11.5 Å². The lowest BCUT2D eigenvalue weighted by Crippen LogP contribution is -2.21. The maximum atomic E-state index is 12.7. The van der Waals surface area contributed by atoms with Gasteiger partial charge in [0.25, 0.3) is 0 Å². The average Bonchev–Trinajstić information content (AvgIpc) is 3.05. The smallest absolute Gasteiger partial charge is 0.201 e. The predicted molar refractivity (Wildman–Crippen MR) is 82.2 cm³/mol. The number of aromatic hydroxyl groups is 2. The van der Waals surface area contributed by atoms with Crippen LogP contribution in [0.3, 0.4) is 0 Å². The number of benzene rings is 2. The molecule has 24 heavy (non-hydrogen) atoms. The van der Waals surface area contributed by atoms with Crippen molar-refractivity contribution >= 4 is 11.6 Å². The predicted octanol–water partition coefficient (Wildman–Crippen LogP) is 1.51. The number of carbonyl (C=O) groups excluding carboxylic acids is 2. The van der Waals surface area contributed by atoms with Gasteiger partial charge in [0, 0.05) is 11.1 Å². The number of fused-ring (bicyclic) bond motifs is 2. The zero-order chi connectivity index (χ0) is 16.8. The average molecular weight is 321 g/mol. The summed E-state index contributed by atoms with van der Waals surface area (Å²) in [5.41, 5.74) is 0.699. The van der Waals surface area contributed by atoms with E-state index in [9.17, 15) is 19.8 Å². The Kier molecular flexibility index (Phi) is 2.96. The third-order valence-electron chi connectivity index (χ3n) is 3.97. The first-order chi connectivity index (χ1) is 11.6. The molecule has 4 rings (SSSR count). The number of ketones is 2. The van der Waals surface area contributed by atoms with E-state index in [0.717, 1.165) is 0 Å². The molecule has 0 atom stereocenters. The van der Waals surface area contributed by atoms with Gasteiger partial charge in [-0.05, 0) is 23.8 Å². The first kappa shape index (κ1) is 14.1. The van der Waals surface area contributed by atoms with Gasteiger partial charge >= 0.3 is 0 Å². The van der Waals surface area contributed by atoms with Crippen molar-refractivity contribution in [2.45, 2.75) is 6.54 Å². The second kappa shape index (κ2) is 5.02. The van der Waals surface area contributed by atoms with Crippen molar-refractivity contribution in [3.05, 3.63) is 70.8 Å². The standard InChI is InChI=1S/C17H11N3O4/c21-12-3-1-2-10-14(12)17(24)15-11(16(10)23)4-9(5-13(15)22)6-20-8-18-7-19-20/h1-5,7-8,21-22H,6H2. The van der Waals surface area contributed by atoms with Gasteiger partial charge in [0.2, 0.25) is 5.78 Å². The molecule has 2 N–H and O–H groups in total. The van der Waals surface area contributed by atoms with Gasteiger partial charge in [-0.15, -0.1) is 0 Å². The highest BCUT2D eigenvalue weighted by molar-refractivity contribution is 6.30. The Balaban J connectivity index is 1.88. The minimum absolute atomic E-state index is 0.0747. The molecule has 0 saturated carbocycles. The summed E-state index contributed by atoms with van der Waals surface area (Å²) in [4.78, 5) is 29.2. The third-order valence-corrected chi connectivity index (χ3v) is 3.97. The molecule has 1 heterocycles. The number of nitrogens with zero attached hydrogens (tertiary/aromatic N) is 3. The van der Waals surface area contributed by atoms with Crippen molar-refractivity contribution in [2.24, 2.45) is 0 Å². The molecule has 0 radical (unpaired) electrons. The molecule has 0 unspecified atom stereocenters. The van der Waals surface area contributed by atoms with Crippen LogP contribution in [-0.2, 0) is 6.54 Å². The molecule has 1 aliphatic rings. The summed E-state index contributed by atoms with van der Waals surface area (Å²) in [6, 6.07) is 7.30. The Bertz CT molecular complexity index is 993. The van der Waals surface area contributed by atoms with Crippen molar-refractivity contribution in [1.29, 1.82) is 0 Å². The van der Waals surface area contributed by atoms with Crippen LogP contribution >= 0.6 is 0 Å². The van der Waals surface area contributed by atoms with Crippen LogP contribution in [0.1, 0.15) is 37.4 Å². The molecular formula is C17H11N3O4. The molecule has 1 aliphatic carbocycles. The van der Waals surface area contributed by atoms with Crippen molar-refractivity contribution in [3.63, 3.8) is 0 Å². The molecule has 0 aliphatic heterocycles. The quantitative estimate of drug-likeness (QED) is 0.580. The molecule has 0 saturated heterocycles. The van der Waals surface area contributed by atoms with E-state index in [0.29, 0.717) is 12.1 Å². The largest absolute Gasteiger partial charge is 0.507 e. The maximum absolute atomic E-state index is 12.7. The van der Waals surface area contributed by atoms with Crippen LogP contribution in [0.5, 0.6) is 11.5 Å². The zero-order valence-electron chi connectivity index (χ0n) is 12.3. The minimum Gasteiger partial charge on any atom is -0.507 e. The van der Waals surface area contributed by atoms with E-state index in [1.54, 1.807) is 6.07 Å². The van der Waals surface area contributed by atoms with Crippen molar-refractivity contribution in [1.82, 2.24) is 14.8 Å². The first-order valence-electron chi connectivity index (χ1n) is 7.16. The van der Waals surface area contributed by atoms with E-state index in [4.69, 9.17) is 0 Å². The van der Waals surface area contributed by atoms with Gasteiger partial charge in [0.15, 0.2) is 5.78 Å². The van der Waals surface area contributed by atoms with E-state index < -0.39 is 11.6 Å². The van der Waals surface area contributed by atoms with Gasteiger partial charge in [0.1, 0.15) is 24.2 Å². The number of phenols is 2. The summed E-state index contributed by atoms with van der Waals surface area (Å²) >= 11 is 0. The van der Waals surface area contributed by atoms with E-state index >= 15 is 0 Å². The summed E-state index contributed by atoms with van der Waals surface area (Å²) in [7, 11) is 0. The second-order valence-corrected chi connectivity index (χ2v) is 5.49. The van der Waals surface area contributed by atoms with E-state index in [2.05, 4.69) is 10.1 Å². The highest BCUT2D eigenvalue weighted by Crippen LogP contribution is 2.37. The number of rotatable bonds is 2. The Morgan fingerprint density at radius 1 is 0.958 bits per heavy atom. The van der Waals surface area contributed by atoms with E-state index in [1.807, 2.05) is 0 Å². The Morgan fingerprint density at radius 2 is 1.75 bits per heavy atom. The lowest BCUT2D eigenvalue weighted by molar-refractivity contribution is 0.0974. The lowest BCUT2D eigenvalue weighted by Gasteiger charge is -2.20. The minimum atomic E-state index is -0.567. The number of hydrogen-bond donors (Lipinski definition) is 2. The Labute approximate surface area is 135 Å². The summed E-state index contributed by atoms with van der Waals surface area (Å²) in [5.74, 6) is -1.55. The zero-order valence-corrected chi connectivity index (χ0v) is 12.3. The molecule has 1 aromatic heterocycles. The van der Waals surface area contributed by atoms with Crippen LogP contribution in [0.15, 0.2) is 43.0 Å². The molecule has 3 aromatic rings. The molecule has 7 nitrogen and oxygen atoms in total. The highest BCUT2D eigenvalue weighted by atomic mass is 16.3. The van der Waals surface area contributed by atoms with Crippen LogP contribution in [0, 0.1) is 0 Å². The fraction of sp³-hybridized carbons (Fsp3) is 0.0588. The van der Waals surface area contributed by atoms with Crippen LogP contribution in [-0.4, -0.2) is 36.5 Å². The molecule has 0 bridgehead atoms. The van der Waals surface area contributed by atoms with Crippen LogP contribution in [0.25, 0.3) is 0 Å². The van der Waals surface area contributed by atoms with Gasteiger partial charge < -0.3 is 10.2 Å². The highest BCUT2D eigenvalue weighted by Gasteiger charge is 2.34. The SMILES string of the molecule is O=C1c2cccc(O)c2C(=O)c2c(O)cc(Cn3cncn3)cc21. The molecule has 0 spiro atoms. The molecule has 0 fully saturated rings. The fourth-order valence-electron chi connectivity index (χ4n) is 2.93. The van der Waals surface area contributed by atoms with Crippen molar-refractivity contribution < 1.29 is 19.8 Å². The number of phenolic OH excluding ortho intramolecular Hbond substituents is 2. The molecule has 2 aromatic carbocycles. The number of carbonyl (C=O) groups is 2.